The SMILES string of the molecule is CC[C@@H](O)C[C@H](N)c1ccccc1. The monoisotopic (exact) mass is 179 g/mol. The van der Waals surface area contributed by atoms with Crippen molar-refractivity contribution in [2.45, 2.75) is 31.9 Å². The van der Waals surface area contributed by atoms with Gasteiger partial charge in [0.2, 0.25) is 0 Å². The lowest BCUT2D eigenvalue weighted by Crippen LogP contribution is -2.17. The first-order valence-electron chi connectivity index (χ1n) is 4.72. The summed E-state index contributed by atoms with van der Waals surface area (Å²) in [6.07, 6.45) is 1.12. The molecule has 0 heterocycles. The second-order valence-corrected chi connectivity index (χ2v) is 3.31. The van der Waals surface area contributed by atoms with E-state index in [1.54, 1.807) is 0 Å². The van der Waals surface area contributed by atoms with Crippen molar-refractivity contribution in [3.8, 4) is 0 Å². The lowest BCUT2D eigenvalue weighted by atomic mass is 10.0. The van der Waals surface area contributed by atoms with E-state index in [9.17, 15) is 5.11 Å². The maximum Gasteiger partial charge on any atom is 0.0555 e. The quantitative estimate of drug-likeness (QED) is 0.741. The van der Waals surface area contributed by atoms with Crippen molar-refractivity contribution in [1.29, 1.82) is 0 Å². The predicted molar refractivity (Wildman–Crippen MR) is 54.3 cm³/mol. The maximum atomic E-state index is 9.41. The number of rotatable bonds is 4. The Labute approximate surface area is 79.4 Å². The predicted octanol–water partition coefficient (Wildman–Crippen LogP) is 1.85. The summed E-state index contributed by atoms with van der Waals surface area (Å²) in [5, 5.41) is 9.41. The van der Waals surface area contributed by atoms with Crippen LogP contribution in [0, 0.1) is 0 Å². The van der Waals surface area contributed by atoms with Crippen molar-refractivity contribution in [1.82, 2.24) is 0 Å². The zero-order chi connectivity index (χ0) is 9.68. The molecule has 1 rings (SSSR count). The van der Waals surface area contributed by atoms with Crippen molar-refractivity contribution in [3.63, 3.8) is 0 Å². The number of benzene rings is 1. The molecule has 0 aliphatic carbocycles. The highest BCUT2D eigenvalue weighted by atomic mass is 16.3. The minimum Gasteiger partial charge on any atom is -0.393 e. The zero-order valence-corrected chi connectivity index (χ0v) is 7.98. The second kappa shape index (κ2) is 5.00. The first kappa shape index (κ1) is 10.2. The molecule has 0 saturated heterocycles. The third-order valence-corrected chi connectivity index (χ3v) is 2.22. The van der Waals surface area contributed by atoms with Gasteiger partial charge in [0.25, 0.3) is 0 Å². The van der Waals surface area contributed by atoms with Crippen LogP contribution in [0.25, 0.3) is 0 Å². The summed E-state index contributed by atoms with van der Waals surface area (Å²) in [5.41, 5.74) is 7.00. The topological polar surface area (TPSA) is 46.2 Å². The van der Waals surface area contributed by atoms with Crippen molar-refractivity contribution in [2.75, 3.05) is 0 Å². The molecule has 0 bridgehead atoms. The molecule has 1 aromatic rings. The summed E-state index contributed by atoms with van der Waals surface area (Å²) in [4.78, 5) is 0. The molecule has 0 radical (unpaired) electrons. The van der Waals surface area contributed by atoms with Crippen LogP contribution in [0.2, 0.25) is 0 Å². The van der Waals surface area contributed by atoms with Gasteiger partial charge < -0.3 is 10.8 Å². The van der Waals surface area contributed by atoms with Crippen LogP contribution in [-0.4, -0.2) is 11.2 Å². The summed E-state index contributed by atoms with van der Waals surface area (Å²) in [5.74, 6) is 0. The van der Waals surface area contributed by atoms with Gasteiger partial charge in [-0.25, -0.2) is 0 Å². The molecule has 0 aliphatic rings. The number of aliphatic hydroxyl groups is 1. The zero-order valence-electron chi connectivity index (χ0n) is 7.98. The Hall–Kier alpha value is -0.860. The molecule has 3 N–H and O–H groups in total. The Morgan fingerprint density at radius 1 is 1.31 bits per heavy atom. The van der Waals surface area contributed by atoms with Crippen LogP contribution in [-0.2, 0) is 0 Å². The smallest absolute Gasteiger partial charge is 0.0555 e. The third-order valence-electron chi connectivity index (χ3n) is 2.22. The molecule has 2 atom stereocenters. The summed E-state index contributed by atoms with van der Waals surface area (Å²) in [6, 6.07) is 9.84. The van der Waals surface area contributed by atoms with Crippen LogP contribution in [0.4, 0.5) is 0 Å². The number of nitrogens with two attached hydrogens (primary N) is 1. The van der Waals surface area contributed by atoms with E-state index in [0.717, 1.165) is 12.0 Å². The van der Waals surface area contributed by atoms with E-state index in [2.05, 4.69) is 0 Å². The van der Waals surface area contributed by atoms with Crippen molar-refractivity contribution in [2.24, 2.45) is 5.73 Å². The largest absolute Gasteiger partial charge is 0.393 e. The van der Waals surface area contributed by atoms with Crippen molar-refractivity contribution < 1.29 is 5.11 Å². The van der Waals surface area contributed by atoms with E-state index in [4.69, 9.17) is 5.73 Å². The van der Waals surface area contributed by atoms with E-state index in [-0.39, 0.29) is 12.1 Å². The lowest BCUT2D eigenvalue weighted by molar-refractivity contribution is 0.151. The molecule has 0 amide bonds. The van der Waals surface area contributed by atoms with Crippen molar-refractivity contribution >= 4 is 0 Å². The van der Waals surface area contributed by atoms with Gasteiger partial charge in [0.05, 0.1) is 6.10 Å². The van der Waals surface area contributed by atoms with Gasteiger partial charge in [0.1, 0.15) is 0 Å². The average molecular weight is 179 g/mol. The molecule has 0 fully saturated rings. The highest BCUT2D eigenvalue weighted by molar-refractivity contribution is 5.18. The molecule has 72 valence electrons. The highest BCUT2D eigenvalue weighted by Crippen LogP contribution is 2.16. The number of aliphatic hydroxyl groups excluding tert-OH is 1. The van der Waals surface area contributed by atoms with E-state index in [0.29, 0.717) is 6.42 Å². The Morgan fingerprint density at radius 3 is 2.46 bits per heavy atom. The molecule has 0 saturated carbocycles. The third kappa shape index (κ3) is 3.17. The fourth-order valence-electron chi connectivity index (χ4n) is 1.30. The molecular formula is C11H17NO. The molecule has 0 unspecified atom stereocenters. The standard InChI is InChI=1S/C11H17NO/c1-2-10(13)8-11(12)9-6-4-3-5-7-9/h3-7,10-11,13H,2,8,12H2,1H3/t10-,11+/m1/s1. The second-order valence-electron chi connectivity index (χ2n) is 3.31. The summed E-state index contributed by atoms with van der Waals surface area (Å²) in [7, 11) is 0. The average Bonchev–Trinajstić information content (AvgIpc) is 2.19. The fraction of sp³-hybridized carbons (Fsp3) is 0.455. The van der Waals surface area contributed by atoms with E-state index < -0.39 is 0 Å². The van der Waals surface area contributed by atoms with Gasteiger partial charge in [-0.1, -0.05) is 37.3 Å². The van der Waals surface area contributed by atoms with Gasteiger partial charge >= 0.3 is 0 Å². The lowest BCUT2D eigenvalue weighted by Gasteiger charge is -2.15. The van der Waals surface area contributed by atoms with Gasteiger partial charge in [-0.15, -0.1) is 0 Å². The Kier molecular flexibility index (Phi) is 3.93. The highest BCUT2D eigenvalue weighted by Gasteiger charge is 2.09. The van der Waals surface area contributed by atoms with Gasteiger partial charge in [-0.2, -0.15) is 0 Å². The molecule has 13 heavy (non-hydrogen) atoms. The number of hydrogen-bond donors (Lipinski definition) is 2. The first-order valence-corrected chi connectivity index (χ1v) is 4.72. The van der Waals surface area contributed by atoms with Crippen LogP contribution < -0.4 is 5.73 Å². The Morgan fingerprint density at radius 2 is 1.92 bits per heavy atom. The molecule has 2 nitrogen and oxygen atoms in total. The summed E-state index contributed by atoms with van der Waals surface area (Å²) < 4.78 is 0. The summed E-state index contributed by atoms with van der Waals surface area (Å²) in [6.45, 7) is 1.96. The van der Waals surface area contributed by atoms with Crippen molar-refractivity contribution in [3.05, 3.63) is 35.9 Å². The van der Waals surface area contributed by atoms with Gasteiger partial charge in [-0.3, -0.25) is 0 Å². The van der Waals surface area contributed by atoms with Gasteiger partial charge in [0, 0.05) is 6.04 Å². The van der Waals surface area contributed by atoms with Crippen LogP contribution in [0.1, 0.15) is 31.4 Å². The first-order chi connectivity index (χ1) is 6.24. The number of hydrogen-bond acceptors (Lipinski definition) is 2. The van der Waals surface area contributed by atoms with E-state index in [1.807, 2.05) is 37.3 Å². The van der Waals surface area contributed by atoms with E-state index in [1.165, 1.54) is 0 Å². The van der Waals surface area contributed by atoms with Crippen LogP contribution >= 0.6 is 0 Å². The maximum absolute atomic E-state index is 9.41. The minimum atomic E-state index is -0.282. The Balaban J connectivity index is 2.53. The van der Waals surface area contributed by atoms with Gasteiger partial charge in [-0.05, 0) is 18.4 Å². The molecule has 1 aromatic carbocycles. The normalized spacial score (nSPS) is 15.3. The molecular weight excluding hydrogens is 162 g/mol. The molecule has 0 aliphatic heterocycles. The Bertz CT molecular complexity index is 235. The van der Waals surface area contributed by atoms with Crippen LogP contribution in [0.15, 0.2) is 30.3 Å². The van der Waals surface area contributed by atoms with Gasteiger partial charge in [0.15, 0.2) is 0 Å². The molecule has 0 spiro atoms. The molecule has 2 heteroatoms. The fourth-order valence-corrected chi connectivity index (χ4v) is 1.30. The van der Waals surface area contributed by atoms with Crippen LogP contribution in [0.5, 0.6) is 0 Å². The minimum absolute atomic E-state index is 0.0452. The molecule has 0 aromatic heterocycles. The summed E-state index contributed by atoms with van der Waals surface area (Å²) >= 11 is 0. The van der Waals surface area contributed by atoms with Crippen LogP contribution in [0.3, 0.4) is 0 Å². The van der Waals surface area contributed by atoms with E-state index >= 15 is 0 Å².